The molecule has 0 saturated carbocycles. The van der Waals surface area contributed by atoms with Crippen LogP contribution in [0.25, 0.3) is 11.5 Å². The first-order valence-corrected chi connectivity index (χ1v) is 7.95. The van der Waals surface area contributed by atoms with E-state index in [1.807, 2.05) is 13.8 Å². The van der Waals surface area contributed by atoms with E-state index in [2.05, 4.69) is 25.8 Å². The van der Waals surface area contributed by atoms with Crippen molar-refractivity contribution in [2.45, 2.75) is 26.3 Å². The lowest BCUT2D eigenvalue weighted by Crippen LogP contribution is -2.29. The molecule has 0 saturated heterocycles. The fourth-order valence-corrected chi connectivity index (χ4v) is 2.08. The van der Waals surface area contributed by atoms with Gasteiger partial charge >= 0.3 is 0 Å². The highest BCUT2D eigenvalue weighted by Gasteiger charge is 2.12. The molecular weight excluding hydrogens is 322 g/mol. The third-order valence-electron chi connectivity index (χ3n) is 3.43. The second-order valence-electron chi connectivity index (χ2n) is 5.75. The molecule has 8 nitrogen and oxygen atoms in total. The zero-order valence-corrected chi connectivity index (χ0v) is 14.0. The molecule has 0 aliphatic rings. The van der Waals surface area contributed by atoms with Gasteiger partial charge in [0.15, 0.2) is 5.82 Å². The first-order chi connectivity index (χ1) is 12.1. The number of furan rings is 1. The summed E-state index contributed by atoms with van der Waals surface area (Å²) in [6, 6.07) is 7.11. The molecule has 3 rings (SSSR count). The van der Waals surface area contributed by atoms with Crippen LogP contribution in [-0.4, -0.2) is 27.6 Å². The lowest BCUT2D eigenvalue weighted by Gasteiger charge is -2.06. The van der Waals surface area contributed by atoms with Crippen LogP contribution in [0, 0.1) is 0 Å². The first-order valence-electron chi connectivity index (χ1n) is 7.95. The van der Waals surface area contributed by atoms with Gasteiger partial charge in [-0.15, -0.1) is 0 Å². The predicted molar refractivity (Wildman–Crippen MR) is 90.7 cm³/mol. The Hall–Kier alpha value is -3.16. The minimum atomic E-state index is -0.163. The Balaban J connectivity index is 1.56. The molecule has 0 aliphatic carbocycles. The van der Waals surface area contributed by atoms with E-state index in [9.17, 15) is 4.79 Å². The predicted octanol–water partition coefficient (Wildman–Crippen LogP) is 2.58. The van der Waals surface area contributed by atoms with Gasteiger partial charge in [-0.05, 0) is 24.3 Å². The summed E-state index contributed by atoms with van der Waals surface area (Å²) in [7, 11) is 0. The Morgan fingerprint density at radius 3 is 2.92 bits per heavy atom. The third kappa shape index (κ3) is 4.43. The van der Waals surface area contributed by atoms with Gasteiger partial charge in [0.1, 0.15) is 11.6 Å². The average molecular weight is 341 g/mol. The molecule has 8 heteroatoms. The molecule has 25 heavy (non-hydrogen) atoms. The van der Waals surface area contributed by atoms with E-state index >= 15 is 0 Å². The third-order valence-corrected chi connectivity index (χ3v) is 3.43. The van der Waals surface area contributed by atoms with E-state index in [4.69, 9.17) is 8.94 Å². The Bertz CT molecular complexity index is 826. The highest BCUT2D eigenvalue weighted by molar-refractivity contribution is 5.80. The van der Waals surface area contributed by atoms with E-state index in [0.717, 1.165) is 5.56 Å². The second-order valence-corrected chi connectivity index (χ2v) is 5.75. The smallest absolute Gasteiger partial charge is 0.258 e. The number of anilines is 1. The van der Waals surface area contributed by atoms with Gasteiger partial charge in [-0.2, -0.15) is 4.98 Å². The van der Waals surface area contributed by atoms with Crippen LogP contribution in [0.4, 0.5) is 5.82 Å². The van der Waals surface area contributed by atoms with Crippen LogP contribution >= 0.6 is 0 Å². The van der Waals surface area contributed by atoms with Crippen molar-refractivity contribution in [3.63, 3.8) is 0 Å². The standard InChI is InChI=1S/C17H19N5O3/c1-11(2)16-21-17(25-22-16)12-5-6-18-14(8-12)19-10-15(23)20-9-13-4-3-7-24-13/h3-8,11H,9-10H2,1-2H3,(H,18,19)(H,20,23). The van der Waals surface area contributed by atoms with Crippen LogP contribution in [0.5, 0.6) is 0 Å². The van der Waals surface area contributed by atoms with Crippen molar-refractivity contribution in [3.05, 3.63) is 48.3 Å². The first kappa shape index (κ1) is 16.7. The molecule has 0 atom stereocenters. The van der Waals surface area contributed by atoms with E-state index in [1.54, 1.807) is 36.7 Å². The summed E-state index contributed by atoms with van der Waals surface area (Å²) in [5, 5.41) is 9.67. The lowest BCUT2D eigenvalue weighted by molar-refractivity contribution is -0.119. The van der Waals surface area contributed by atoms with Gasteiger partial charge in [0.2, 0.25) is 5.91 Å². The number of rotatable bonds is 7. The Morgan fingerprint density at radius 2 is 2.20 bits per heavy atom. The minimum Gasteiger partial charge on any atom is -0.467 e. The van der Waals surface area contributed by atoms with Gasteiger partial charge in [-0.1, -0.05) is 19.0 Å². The molecule has 0 aromatic carbocycles. The molecule has 0 fully saturated rings. The molecule has 0 bridgehead atoms. The largest absolute Gasteiger partial charge is 0.467 e. The number of nitrogens with one attached hydrogen (secondary N) is 2. The SMILES string of the molecule is CC(C)c1noc(-c2ccnc(NCC(=O)NCc3ccco3)c2)n1. The van der Waals surface area contributed by atoms with E-state index in [0.29, 0.717) is 29.8 Å². The van der Waals surface area contributed by atoms with Gasteiger partial charge in [0, 0.05) is 17.7 Å². The maximum Gasteiger partial charge on any atom is 0.258 e. The monoisotopic (exact) mass is 341 g/mol. The summed E-state index contributed by atoms with van der Waals surface area (Å²) in [5.74, 6) is 2.36. The summed E-state index contributed by atoms with van der Waals surface area (Å²) < 4.78 is 10.4. The molecule has 130 valence electrons. The number of pyridine rings is 1. The minimum absolute atomic E-state index is 0.0955. The fraction of sp³-hybridized carbons (Fsp3) is 0.294. The number of aromatic nitrogens is 3. The van der Waals surface area contributed by atoms with Crippen LogP contribution in [-0.2, 0) is 11.3 Å². The second kappa shape index (κ2) is 7.61. The normalized spacial score (nSPS) is 10.8. The molecule has 3 aromatic rings. The van der Waals surface area contributed by atoms with Crippen LogP contribution < -0.4 is 10.6 Å². The van der Waals surface area contributed by atoms with Gasteiger partial charge in [0.25, 0.3) is 5.89 Å². The summed E-state index contributed by atoms with van der Waals surface area (Å²) in [6.45, 7) is 4.43. The topological polar surface area (TPSA) is 106 Å². The number of hydrogen-bond acceptors (Lipinski definition) is 7. The molecule has 0 aliphatic heterocycles. The van der Waals surface area contributed by atoms with Gasteiger partial charge in [-0.3, -0.25) is 4.79 Å². The number of amides is 1. The van der Waals surface area contributed by atoms with Crippen molar-refractivity contribution >= 4 is 11.7 Å². The Kier molecular flexibility index (Phi) is 5.08. The zero-order chi connectivity index (χ0) is 17.6. The van der Waals surface area contributed by atoms with Gasteiger partial charge in [-0.25, -0.2) is 4.98 Å². The van der Waals surface area contributed by atoms with Crippen molar-refractivity contribution in [1.82, 2.24) is 20.4 Å². The molecular formula is C17H19N5O3. The number of nitrogens with zero attached hydrogens (tertiary/aromatic N) is 3. The van der Waals surface area contributed by atoms with E-state index in [1.165, 1.54) is 0 Å². The maximum absolute atomic E-state index is 11.9. The Morgan fingerprint density at radius 1 is 1.32 bits per heavy atom. The number of carbonyl (C=O) groups is 1. The number of carbonyl (C=O) groups excluding carboxylic acids is 1. The van der Waals surface area contributed by atoms with Crippen LogP contribution in [0.3, 0.4) is 0 Å². The molecule has 1 amide bonds. The number of hydrogen-bond donors (Lipinski definition) is 2. The highest BCUT2D eigenvalue weighted by Crippen LogP contribution is 2.21. The summed E-state index contributed by atoms with van der Waals surface area (Å²) >= 11 is 0. The quantitative estimate of drug-likeness (QED) is 0.680. The van der Waals surface area contributed by atoms with Crippen molar-refractivity contribution in [2.75, 3.05) is 11.9 Å². The Labute approximate surface area is 144 Å². The van der Waals surface area contributed by atoms with Crippen molar-refractivity contribution in [3.8, 4) is 11.5 Å². The van der Waals surface area contributed by atoms with Crippen molar-refractivity contribution in [2.24, 2.45) is 0 Å². The average Bonchev–Trinajstić information content (AvgIpc) is 3.30. The molecule has 3 aromatic heterocycles. The van der Waals surface area contributed by atoms with Crippen LogP contribution in [0.15, 0.2) is 45.7 Å². The van der Waals surface area contributed by atoms with Crippen LogP contribution in [0.2, 0.25) is 0 Å². The summed E-state index contributed by atoms with van der Waals surface area (Å²) in [6.07, 6.45) is 3.19. The maximum atomic E-state index is 11.9. The van der Waals surface area contributed by atoms with Gasteiger partial charge in [0.05, 0.1) is 19.4 Å². The molecule has 2 N–H and O–H groups in total. The highest BCUT2D eigenvalue weighted by atomic mass is 16.5. The van der Waals surface area contributed by atoms with Crippen molar-refractivity contribution < 1.29 is 13.7 Å². The molecule has 3 heterocycles. The molecule has 0 radical (unpaired) electrons. The lowest BCUT2D eigenvalue weighted by atomic mass is 10.2. The summed E-state index contributed by atoms with van der Waals surface area (Å²) in [5.41, 5.74) is 0.743. The fourth-order valence-electron chi connectivity index (χ4n) is 2.08. The zero-order valence-electron chi connectivity index (χ0n) is 14.0. The van der Waals surface area contributed by atoms with E-state index < -0.39 is 0 Å². The molecule has 0 unspecified atom stereocenters. The summed E-state index contributed by atoms with van der Waals surface area (Å²) in [4.78, 5) is 20.4. The molecule has 0 spiro atoms. The van der Waals surface area contributed by atoms with Crippen molar-refractivity contribution in [1.29, 1.82) is 0 Å². The van der Waals surface area contributed by atoms with Gasteiger partial charge < -0.3 is 19.6 Å². The van der Waals surface area contributed by atoms with Crippen LogP contribution in [0.1, 0.15) is 31.4 Å². The van der Waals surface area contributed by atoms with E-state index in [-0.39, 0.29) is 18.4 Å².